The van der Waals surface area contributed by atoms with Gasteiger partial charge in [0.2, 0.25) is 0 Å². The molecule has 4 heteroatoms. The molecule has 0 spiro atoms. The smallest absolute Gasteiger partial charge is 0.328 e. The van der Waals surface area contributed by atoms with Gasteiger partial charge in [0.1, 0.15) is 0 Å². The van der Waals surface area contributed by atoms with Crippen LogP contribution in [0, 0.1) is 6.92 Å². The zero-order valence-electron chi connectivity index (χ0n) is 11.6. The highest BCUT2D eigenvalue weighted by molar-refractivity contribution is 5.95. The average Bonchev–Trinajstić information content (AvgIpc) is 2.88. The topological polar surface area (TPSA) is 66.4 Å². The van der Waals surface area contributed by atoms with E-state index in [9.17, 15) is 9.59 Å². The lowest BCUT2D eigenvalue weighted by Crippen LogP contribution is -2.32. The Bertz CT molecular complexity index is 543. The third-order valence-corrected chi connectivity index (χ3v) is 3.47. The van der Waals surface area contributed by atoms with Crippen molar-refractivity contribution in [2.45, 2.75) is 38.6 Å². The van der Waals surface area contributed by atoms with Gasteiger partial charge in [0.25, 0.3) is 5.91 Å². The van der Waals surface area contributed by atoms with E-state index in [4.69, 9.17) is 5.11 Å². The minimum atomic E-state index is -0.997. The molecule has 4 nitrogen and oxygen atoms in total. The van der Waals surface area contributed by atoms with Crippen molar-refractivity contribution in [2.24, 2.45) is 0 Å². The number of aryl methyl sites for hydroxylation is 1. The van der Waals surface area contributed by atoms with Crippen molar-refractivity contribution in [2.75, 3.05) is 0 Å². The summed E-state index contributed by atoms with van der Waals surface area (Å²) in [7, 11) is 0. The fourth-order valence-corrected chi connectivity index (χ4v) is 2.55. The monoisotopic (exact) mass is 273 g/mol. The minimum absolute atomic E-state index is 0.0782. The number of hydrogen-bond donors (Lipinski definition) is 2. The minimum Gasteiger partial charge on any atom is -0.478 e. The van der Waals surface area contributed by atoms with Crippen LogP contribution in [0.25, 0.3) is 6.08 Å². The number of carbonyl (C=O) groups excluding carboxylic acids is 1. The highest BCUT2D eigenvalue weighted by Gasteiger charge is 2.18. The molecular weight excluding hydrogens is 254 g/mol. The van der Waals surface area contributed by atoms with E-state index in [1.807, 2.05) is 19.1 Å². The number of carboxylic acids is 1. The number of aliphatic carboxylic acids is 1. The van der Waals surface area contributed by atoms with Crippen LogP contribution in [0.3, 0.4) is 0 Å². The molecule has 1 saturated carbocycles. The molecule has 0 aromatic heterocycles. The lowest BCUT2D eigenvalue weighted by Gasteiger charge is -2.12. The second-order valence-corrected chi connectivity index (χ2v) is 5.26. The molecule has 0 unspecified atom stereocenters. The first-order valence-corrected chi connectivity index (χ1v) is 6.88. The summed E-state index contributed by atoms with van der Waals surface area (Å²) in [4.78, 5) is 22.7. The molecule has 2 N–H and O–H groups in total. The van der Waals surface area contributed by atoms with Crippen LogP contribution in [0.5, 0.6) is 0 Å². The van der Waals surface area contributed by atoms with Gasteiger partial charge in [-0.05, 0) is 49.1 Å². The first-order valence-electron chi connectivity index (χ1n) is 6.88. The Balaban J connectivity index is 2.13. The molecule has 1 aromatic carbocycles. The Labute approximate surface area is 118 Å². The largest absolute Gasteiger partial charge is 0.478 e. The first-order chi connectivity index (χ1) is 9.54. The van der Waals surface area contributed by atoms with Crippen molar-refractivity contribution in [1.82, 2.24) is 5.32 Å². The van der Waals surface area contributed by atoms with E-state index in [-0.39, 0.29) is 11.9 Å². The standard InChI is InChI=1S/C16H19NO3/c1-11-8-12(6-7-15(18)19)10-13(9-11)16(20)17-14-4-2-3-5-14/h6-10,14H,2-5H2,1H3,(H,17,20)(H,18,19)/b7-6+. The van der Waals surface area contributed by atoms with Crippen molar-refractivity contribution in [3.8, 4) is 0 Å². The quantitative estimate of drug-likeness (QED) is 0.829. The van der Waals surface area contributed by atoms with Gasteiger partial charge in [-0.3, -0.25) is 4.79 Å². The zero-order valence-corrected chi connectivity index (χ0v) is 11.6. The van der Waals surface area contributed by atoms with Crippen LogP contribution in [0.2, 0.25) is 0 Å². The summed E-state index contributed by atoms with van der Waals surface area (Å²) in [5.41, 5.74) is 2.25. The lowest BCUT2D eigenvalue weighted by atomic mass is 10.0. The fourth-order valence-electron chi connectivity index (χ4n) is 2.55. The van der Waals surface area contributed by atoms with Crippen molar-refractivity contribution < 1.29 is 14.7 Å². The summed E-state index contributed by atoms with van der Waals surface area (Å²) in [6.45, 7) is 1.89. The SMILES string of the molecule is Cc1cc(/C=C/C(=O)O)cc(C(=O)NC2CCCC2)c1. The Morgan fingerprint density at radius 1 is 1.25 bits per heavy atom. The number of rotatable bonds is 4. The van der Waals surface area contributed by atoms with Gasteiger partial charge >= 0.3 is 5.97 Å². The molecule has 0 radical (unpaired) electrons. The third kappa shape index (κ3) is 3.95. The van der Waals surface area contributed by atoms with E-state index < -0.39 is 5.97 Å². The number of nitrogens with one attached hydrogen (secondary N) is 1. The summed E-state index contributed by atoms with van der Waals surface area (Å²) in [5, 5.41) is 11.7. The van der Waals surface area contributed by atoms with Crippen LogP contribution in [0.1, 0.15) is 47.2 Å². The maximum Gasteiger partial charge on any atom is 0.328 e. The van der Waals surface area contributed by atoms with Gasteiger partial charge in [0.05, 0.1) is 0 Å². The van der Waals surface area contributed by atoms with E-state index in [0.29, 0.717) is 5.56 Å². The number of carbonyl (C=O) groups is 2. The highest BCUT2D eigenvalue weighted by Crippen LogP contribution is 2.19. The number of benzene rings is 1. The van der Waals surface area contributed by atoms with Gasteiger partial charge in [-0.25, -0.2) is 4.79 Å². The van der Waals surface area contributed by atoms with Gasteiger partial charge in [-0.1, -0.05) is 18.9 Å². The highest BCUT2D eigenvalue weighted by atomic mass is 16.4. The Morgan fingerprint density at radius 3 is 2.60 bits per heavy atom. The lowest BCUT2D eigenvalue weighted by molar-refractivity contribution is -0.131. The third-order valence-electron chi connectivity index (χ3n) is 3.47. The number of hydrogen-bond acceptors (Lipinski definition) is 2. The molecule has 106 valence electrons. The predicted octanol–water partition coefficient (Wildman–Crippen LogP) is 2.77. The first kappa shape index (κ1) is 14.3. The molecule has 1 aliphatic rings. The summed E-state index contributed by atoms with van der Waals surface area (Å²) < 4.78 is 0. The van der Waals surface area contributed by atoms with Gasteiger partial charge in [-0.15, -0.1) is 0 Å². The predicted molar refractivity (Wildman–Crippen MR) is 77.6 cm³/mol. The molecule has 2 rings (SSSR count). The van der Waals surface area contributed by atoms with Crippen LogP contribution < -0.4 is 5.32 Å². The summed E-state index contributed by atoms with van der Waals surface area (Å²) in [6.07, 6.45) is 7.01. The molecule has 0 aliphatic heterocycles. The van der Waals surface area contributed by atoms with Gasteiger partial charge in [-0.2, -0.15) is 0 Å². The number of carboxylic acid groups (broad SMARTS) is 1. The van der Waals surface area contributed by atoms with Gasteiger partial charge in [0, 0.05) is 17.7 Å². The van der Waals surface area contributed by atoms with E-state index in [0.717, 1.165) is 30.0 Å². The molecular formula is C16H19NO3. The van der Waals surface area contributed by atoms with E-state index in [1.54, 1.807) is 6.07 Å². The van der Waals surface area contributed by atoms with Crippen LogP contribution in [0.15, 0.2) is 24.3 Å². The van der Waals surface area contributed by atoms with Crippen molar-refractivity contribution in [3.63, 3.8) is 0 Å². The van der Waals surface area contributed by atoms with Crippen molar-refractivity contribution >= 4 is 18.0 Å². The number of amides is 1. The van der Waals surface area contributed by atoms with Gasteiger partial charge in [0.15, 0.2) is 0 Å². The fraction of sp³-hybridized carbons (Fsp3) is 0.375. The van der Waals surface area contributed by atoms with E-state index in [1.165, 1.54) is 18.9 Å². The normalized spacial score (nSPS) is 15.7. The second-order valence-electron chi connectivity index (χ2n) is 5.26. The van der Waals surface area contributed by atoms with Crippen LogP contribution >= 0.6 is 0 Å². The average molecular weight is 273 g/mol. The zero-order chi connectivity index (χ0) is 14.5. The molecule has 1 aliphatic carbocycles. The maximum atomic E-state index is 12.2. The van der Waals surface area contributed by atoms with Gasteiger partial charge < -0.3 is 10.4 Å². The van der Waals surface area contributed by atoms with Crippen LogP contribution in [-0.2, 0) is 4.79 Å². The molecule has 0 saturated heterocycles. The summed E-state index contributed by atoms with van der Waals surface area (Å²) in [6, 6.07) is 5.67. The van der Waals surface area contributed by atoms with E-state index in [2.05, 4.69) is 5.32 Å². The molecule has 1 amide bonds. The molecule has 1 aromatic rings. The molecule has 0 heterocycles. The van der Waals surface area contributed by atoms with Crippen molar-refractivity contribution in [1.29, 1.82) is 0 Å². The summed E-state index contributed by atoms with van der Waals surface area (Å²) in [5.74, 6) is -1.07. The van der Waals surface area contributed by atoms with E-state index >= 15 is 0 Å². The Kier molecular flexibility index (Phi) is 4.56. The molecule has 1 fully saturated rings. The van der Waals surface area contributed by atoms with Crippen LogP contribution in [-0.4, -0.2) is 23.0 Å². The Hall–Kier alpha value is -2.10. The second kappa shape index (κ2) is 6.37. The molecule has 0 bridgehead atoms. The Morgan fingerprint density at radius 2 is 1.95 bits per heavy atom. The maximum absolute atomic E-state index is 12.2. The molecule has 20 heavy (non-hydrogen) atoms. The summed E-state index contributed by atoms with van der Waals surface area (Å²) >= 11 is 0. The van der Waals surface area contributed by atoms with Crippen LogP contribution in [0.4, 0.5) is 0 Å². The molecule has 0 atom stereocenters. The van der Waals surface area contributed by atoms with Crippen molar-refractivity contribution in [3.05, 3.63) is 41.0 Å².